The molecule has 1 saturated heterocycles. The van der Waals surface area contributed by atoms with Crippen LogP contribution in [0.1, 0.15) is 36.6 Å². The Hall–Kier alpha value is -1.77. The molecule has 26 heavy (non-hydrogen) atoms. The van der Waals surface area contributed by atoms with E-state index in [9.17, 15) is 17.2 Å². The zero-order valence-electron chi connectivity index (χ0n) is 14.3. The summed E-state index contributed by atoms with van der Waals surface area (Å²) in [6, 6.07) is 6.63. The van der Waals surface area contributed by atoms with E-state index < -0.39 is 27.9 Å². The van der Waals surface area contributed by atoms with E-state index in [4.69, 9.17) is 0 Å². The monoisotopic (exact) mass is 381 g/mol. The van der Waals surface area contributed by atoms with E-state index in [1.807, 2.05) is 22.9 Å². The molecule has 5 nitrogen and oxygen atoms in total. The molecule has 0 radical (unpaired) electrons. The van der Waals surface area contributed by atoms with Gasteiger partial charge in [-0.1, -0.05) is 12.5 Å². The second kappa shape index (κ2) is 6.75. The summed E-state index contributed by atoms with van der Waals surface area (Å²) in [5.41, 5.74) is 1.20. The largest absolute Gasteiger partial charge is 0.348 e. The molecular weight excluding hydrogens is 360 g/mol. The van der Waals surface area contributed by atoms with Gasteiger partial charge in [-0.05, 0) is 42.7 Å². The fourth-order valence-electron chi connectivity index (χ4n) is 3.87. The van der Waals surface area contributed by atoms with Gasteiger partial charge in [-0.3, -0.25) is 0 Å². The van der Waals surface area contributed by atoms with Crippen molar-refractivity contribution in [3.05, 3.63) is 59.4 Å². The van der Waals surface area contributed by atoms with E-state index in [0.29, 0.717) is 31.7 Å². The highest BCUT2D eigenvalue weighted by atomic mass is 32.2. The Morgan fingerprint density at radius 3 is 2.42 bits per heavy atom. The van der Waals surface area contributed by atoms with Crippen LogP contribution in [-0.2, 0) is 16.8 Å². The van der Waals surface area contributed by atoms with Crippen molar-refractivity contribution in [3.8, 4) is 0 Å². The van der Waals surface area contributed by atoms with E-state index in [1.54, 1.807) is 0 Å². The summed E-state index contributed by atoms with van der Waals surface area (Å²) in [5.74, 6) is -1.91. The molecule has 1 unspecified atom stereocenters. The summed E-state index contributed by atoms with van der Waals surface area (Å²) >= 11 is 0. The lowest BCUT2D eigenvalue weighted by atomic mass is 10.0. The number of hydrogen-bond donors (Lipinski definition) is 0. The molecule has 4 rings (SSSR count). The first-order valence-corrected chi connectivity index (χ1v) is 10.2. The Labute approximate surface area is 152 Å². The molecule has 0 aliphatic carbocycles. The van der Waals surface area contributed by atoms with Crippen LogP contribution in [0.2, 0.25) is 0 Å². The van der Waals surface area contributed by atoms with Crippen LogP contribution >= 0.6 is 0 Å². The van der Waals surface area contributed by atoms with E-state index in [0.717, 1.165) is 37.1 Å². The van der Waals surface area contributed by atoms with Crippen molar-refractivity contribution >= 4 is 10.2 Å². The summed E-state index contributed by atoms with van der Waals surface area (Å²) < 4.78 is 58.7. The fraction of sp³-hybridized carbons (Fsp3) is 0.444. The molecule has 140 valence electrons. The molecule has 2 aromatic rings. The number of nitrogens with zero attached hydrogens (tertiary/aromatic N) is 3. The lowest BCUT2D eigenvalue weighted by molar-refractivity contribution is 0.254. The highest BCUT2D eigenvalue weighted by molar-refractivity contribution is 7.86. The zero-order valence-corrected chi connectivity index (χ0v) is 15.1. The first-order chi connectivity index (χ1) is 12.5. The van der Waals surface area contributed by atoms with Crippen molar-refractivity contribution in [1.29, 1.82) is 0 Å². The van der Waals surface area contributed by atoms with Gasteiger partial charge in [0.2, 0.25) is 0 Å². The van der Waals surface area contributed by atoms with Crippen LogP contribution in [0.3, 0.4) is 0 Å². The normalized spacial score (nSPS) is 22.3. The van der Waals surface area contributed by atoms with E-state index >= 15 is 0 Å². The number of hydrogen-bond acceptors (Lipinski definition) is 2. The van der Waals surface area contributed by atoms with Crippen LogP contribution in [0.15, 0.2) is 36.5 Å². The number of fused-ring (bicyclic) bond motifs is 1. The quantitative estimate of drug-likeness (QED) is 0.821. The third kappa shape index (κ3) is 2.95. The molecule has 3 heterocycles. The van der Waals surface area contributed by atoms with E-state index in [2.05, 4.69) is 0 Å². The molecule has 2 aliphatic rings. The molecule has 0 amide bonds. The van der Waals surface area contributed by atoms with Gasteiger partial charge in [0.15, 0.2) is 11.6 Å². The average molecular weight is 381 g/mol. The first kappa shape index (κ1) is 17.6. The third-order valence-electron chi connectivity index (χ3n) is 5.19. The van der Waals surface area contributed by atoms with Crippen LogP contribution in [0.4, 0.5) is 8.78 Å². The molecule has 8 heteroatoms. The van der Waals surface area contributed by atoms with Gasteiger partial charge in [0.25, 0.3) is 10.2 Å². The van der Waals surface area contributed by atoms with Crippen molar-refractivity contribution in [3.63, 3.8) is 0 Å². The molecule has 1 aromatic heterocycles. The second-order valence-electron chi connectivity index (χ2n) is 6.78. The van der Waals surface area contributed by atoms with Gasteiger partial charge in [0, 0.05) is 38.1 Å². The zero-order chi connectivity index (χ0) is 18.3. The Kier molecular flexibility index (Phi) is 4.58. The van der Waals surface area contributed by atoms with Gasteiger partial charge in [0.05, 0.1) is 6.04 Å². The molecule has 1 fully saturated rings. The maximum Gasteiger partial charge on any atom is 0.282 e. The van der Waals surface area contributed by atoms with Crippen LogP contribution in [0.25, 0.3) is 0 Å². The highest BCUT2D eigenvalue weighted by Gasteiger charge is 2.40. The van der Waals surface area contributed by atoms with Crippen molar-refractivity contribution in [2.45, 2.75) is 31.8 Å². The minimum atomic E-state index is -3.69. The lowest BCUT2D eigenvalue weighted by Crippen LogP contribution is -2.50. The number of benzene rings is 1. The van der Waals surface area contributed by atoms with Gasteiger partial charge >= 0.3 is 0 Å². The van der Waals surface area contributed by atoms with Gasteiger partial charge in [-0.15, -0.1) is 0 Å². The Bertz CT molecular complexity index is 907. The second-order valence-corrected chi connectivity index (χ2v) is 8.66. The first-order valence-electron chi connectivity index (χ1n) is 8.85. The SMILES string of the molecule is O=S(=O)(N1CCCCC1)N1CCn2cccc2C1c1ccc(F)c(F)c1. The summed E-state index contributed by atoms with van der Waals surface area (Å²) in [6.07, 6.45) is 4.60. The maximum absolute atomic E-state index is 13.9. The standard InChI is InChI=1S/C18H21F2N3O2S/c19-15-7-6-14(13-16(15)20)18-17-5-4-8-21(17)11-12-23(18)26(24,25)22-9-2-1-3-10-22/h4-8,13,18H,1-3,9-12H2. The summed E-state index contributed by atoms with van der Waals surface area (Å²) in [7, 11) is -3.69. The topological polar surface area (TPSA) is 45.6 Å². The molecule has 0 bridgehead atoms. The van der Waals surface area contributed by atoms with Crippen LogP contribution in [0.5, 0.6) is 0 Å². The minimum Gasteiger partial charge on any atom is -0.348 e. The molecule has 0 saturated carbocycles. The molecule has 0 spiro atoms. The summed E-state index contributed by atoms with van der Waals surface area (Å²) in [5, 5.41) is 0. The number of piperidine rings is 1. The van der Waals surface area contributed by atoms with Crippen molar-refractivity contribution in [1.82, 2.24) is 13.2 Å². The summed E-state index contributed by atoms with van der Waals surface area (Å²) in [4.78, 5) is 0. The number of halogens is 2. The average Bonchev–Trinajstić information content (AvgIpc) is 3.13. The molecule has 2 aliphatic heterocycles. The number of aromatic nitrogens is 1. The van der Waals surface area contributed by atoms with Gasteiger partial charge in [-0.25, -0.2) is 8.78 Å². The van der Waals surface area contributed by atoms with Crippen LogP contribution < -0.4 is 0 Å². The lowest BCUT2D eigenvalue weighted by Gasteiger charge is -2.40. The Morgan fingerprint density at radius 2 is 1.69 bits per heavy atom. The van der Waals surface area contributed by atoms with E-state index in [-0.39, 0.29) is 0 Å². The van der Waals surface area contributed by atoms with Crippen molar-refractivity contribution in [2.75, 3.05) is 19.6 Å². The molecular formula is C18H21F2N3O2S. The molecule has 0 N–H and O–H groups in total. The molecule has 1 atom stereocenters. The van der Waals surface area contributed by atoms with Crippen molar-refractivity contribution in [2.24, 2.45) is 0 Å². The smallest absolute Gasteiger partial charge is 0.282 e. The minimum absolute atomic E-state index is 0.296. The molecule has 1 aromatic carbocycles. The number of rotatable bonds is 3. The van der Waals surface area contributed by atoms with Gasteiger partial charge in [0.1, 0.15) is 0 Å². The Morgan fingerprint density at radius 1 is 0.923 bits per heavy atom. The summed E-state index contributed by atoms with van der Waals surface area (Å²) in [6.45, 7) is 1.84. The fourth-order valence-corrected chi connectivity index (χ4v) is 5.70. The highest BCUT2D eigenvalue weighted by Crippen LogP contribution is 2.36. The van der Waals surface area contributed by atoms with Gasteiger partial charge in [-0.2, -0.15) is 17.0 Å². The van der Waals surface area contributed by atoms with Crippen molar-refractivity contribution < 1.29 is 17.2 Å². The predicted molar refractivity (Wildman–Crippen MR) is 93.7 cm³/mol. The Balaban J connectivity index is 1.79. The van der Waals surface area contributed by atoms with Crippen LogP contribution in [-0.4, -0.2) is 41.2 Å². The predicted octanol–water partition coefficient (Wildman–Crippen LogP) is 2.90. The third-order valence-corrected chi connectivity index (χ3v) is 7.19. The van der Waals surface area contributed by atoms with Crippen LogP contribution in [0, 0.1) is 11.6 Å². The van der Waals surface area contributed by atoms with Gasteiger partial charge < -0.3 is 4.57 Å². The maximum atomic E-state index is 13.9. The van der Waals surface area contributed by atoms with E-state index in [1.165, 1.54) is 14.7 Å².